The van der Waals surface area contributed by atoms with E-state index in [0.717, 1.165) is 28.2 Å². The average Bonchev–Trinajstić information content (AvgIpc) is 2.49. The van der Waals surface area contributed by atoms with Crippen molar-refractivity contribution in [1.29, 1.82) is 0 Å². The summed E-state index contributed by atoms with van der Waals surface area (Å²) in [6.45, 7) is 5.99. The van der Waals surface area contributed by atoms with Gasteiger partial charge < -0.3 is 14.8 Å². The van der Waals surface area contributed by atoms with E-state index in [0.29, 0.717) is 13.2 Å². The standard InChI is InChI=1S/C17H20BrNO2/c1-3-20-15-9-10-17(21-4-2)16(11-15)19-12-13-5-7-14(18)8-6-13/h5-11,19H,3-4,12H2,1-2H3. The minimum Gasteiger partial charge on any atom is -0.494 e. The lowest BCUT2D eigenvalue weighted by Gasteiger charge is -2.14. The molecule has 0 aliphatic heterocycles. The molecule has 0 aromatic heterocycles. The topological polar surface area (TPSA) is 30.5 Å². The molecule has 0 spiro atoms. The Hall–Kier alpha value is -1.68. The molecule has 0 radical (unpaired) electrons. The molecule has 0 amide bonds. The molecular formula is C17H20BrNO2. The summed E-state index contributed by atoms with van der Waals surface area (Å²) in [5.41, 5.74) is 2.16. The molecule has 0 bridgehead atoms. The number of halogens is 1. The van der Waals surface area contributed by atoms with E-state index in [-0.39, 0.29) is 0 Å². The highest BCUT2D eigenvalue weighted by Crippen LogP contribution is 2.30. The third-order valence-electron chi connectivity index (χ3n) is 2.96. The summed E-state index contributed by atoms with van der Waals surface area (Å²) in [6.07, 6.45) is 0. The fraction of sp³-hybridized carbons (Fsp3) is 0.294. The predicted molar refractivity (Wildman–Crippen MR) is 90.2 cm³/mol. The van der Waals surface area contributed by atoms with Crippen molar-refractivity contribution in [3.05, 3.63) is 52.5 Å². The van der Waals surface area contributed by atoms with E-state index in [2.05, 4.69) is 33.4 Å². The number of benzene rings is 2. The van der Waals surface area contributed by atoms with Gasteiger partial charge in [0.1, 0.15) is 11.5 Å². The Morgan fingerprint density at radius 1 is 0.952 bits per heavy atom. The zero-order chi connectivity index (χ0) is 15.1. The number of nitrogens with one attached hydrogen (secondary N) is 1. The lowest BCUT2D eigenvalue weighted by atomic mass is 10.2. The Balaban J connectivity index is 2.11. The Morgan fingerprint density at radius 3 is 2.33 bits per heavy atom. The van der Waals surface area contributed by atoms with Crippen LogP contribution in [0.25, 0.3) is 0 Å². The van der Waals surface area contributed by atoms with Crippen molar-refractivity contribution in [2.45, 2.75) is 20.4 Å². The molecule has 3 nitrogen and oxygen atoms in total. The maximum atomic E-state index is 5.65. The van der Waals surface area contributed by atoms with Gasteiger partial charge in [-0.05, 0) is 43.7 Å². The first-order chi connectivity index (χ1) is 10.2. The second kappa shape index (κ2) is 7.93. The summed E-state index contributed by atoms with van der Waals surface area (Å²) >= 11 is 3.44. The van der Waals surface area contributed by atoms with Crippen LogP contribution < -0.4 is 14.8 Å². The second-order valence-electron chi connectivity index (χ2n) is 4.50. The van der Waals surface area contributed by atoms with Gasteiger partial charge in [0.2, 0.25) is 0 Å². The van der Waals surface area contributed by atoms with Crippen LogP contribution in [0.3, 0.4) is 0 Å². The van der Waals surface area contributed by atoms with Gasteiger partial charge in [-0.25, -0.2) is 0 Å². The Morgan fingerprint density at radius 2 is 1.67 bits per heavy atom. The van der Waals surface area contributed by atoms with Crippen LogP contribution in [-0.4, -0.2) is 13.2 Å². The highest BCUT2D eigenvalue weighted by atomic mass is 79.9. The third kappa shape index (κ3) is 4.67. The monoisotopic (exact) mass is 349 g/mol. The first-order valence-corrected chi connectivity index (χ1v) is 7.90. The zero-order valence-corrected chi connectivity index (χ0v) is 13.9. The SMILES string of the molecule is CCOc1ccc(OCC)c(NCc2ccc(Br)cc2)c1. The van der Waals surface area contributed by atoms with Crippen molar-refractivity contribution >= 4 is 21.6 Å². The number of anilines is 1. The van der Waals surface area contributed by atoms with E-state index in [4.69, 9.17) is 9.47 Å². The van der Waals surface area contributed by atoms with Crippen LogP contribution in [0.4, 0.5) is 5.69 Å². The van der Waals surface area contributed by atoms with Gasteiger partial charge in [-0.3, -0.25) is 0 Å². The fourth-order valence-electron chi connectivity index (χ4n) is 1.98. The van der Waals surface area contributed by atoms with Crippen molar-refractivity contribution in [2.24, 2.45) is 0 Å². The molecular weight excluding hydrogens is 330 g/mol. The maximum Gasteiger partial charge on any atom is 0.142 e. The highest BCUT2D eigenvalue weighted by molar-refractivity contribution is 9.10. The van der Waals surface area contributed by atoms with Crippen molar-refractivity contribution < 1.29 is 9.47 Å². The first-order valence-electron chi connectivity index (χ1n) is 7.11. The normalized spacial score (nSPS) is 10.2. The van der Waals surface area contributed by atoms with Crippen LogP contribution in [0, 0.1) is 0 Å². The van der Waals surface area contributed by atoms with Gasteiger partial charge in [-0.1, -0.05) is 28.1 Å². The molecule has 0 aliphatic rings. The maximum absolute atomic E-state index is 5.65. The highest BCUT2D eigenvalue weighted by Gasteiger charge is 2.06. The van der Waals surface area contributed by atoms with Gasteiger partial charge in [-0.2, -0.15) is 0 Å². The Bertz CT molecular complexity index is 570. The van der Waals surface area contributed by atoms with Gasteiger partial charge in [0, 0.05) is 17.1 Å². The minimum atomic E-state index is 0.640. The van der Waals surface area contributed by atoms with Crippen LogP contribution in [-0.2, 0) is 6.54 Å². The molecule has 0 saturated heterocycles. The van der Waals surface area contributed by atoms with E-state index in [1.54, 1.807) is 0 Å². The summed E-state index contributed by atoms with van der Waals surface area (Å²) in [5.74, 6) is 1.69. The number of hydrogen-bond donors (Lipinski definition) is 1. The molecule has 2 rings (SSSR count). The van der Waals surface area contributed by atoms with Crippen LogP contribution in [0.5, 0.6) is 11.5 Å². The molecule has 112 valence electrons. The van der Waals surface area contributed by atoms with E-state index >= 15 is 0 Å². The first kappa shape index (κ1) is 15.7. The summed E-state index contributed by atoms with van der Waals surface area (Å²) in [5, 5.41) is 3.41. The predicted octanol–water partition coefficient (Wildman–Crippen LogP) is 4.86. The second-order valence-corrected chi connectivity index (χ2v) is 5.42. The number of ether oxygens (including phenoxy) is 2. The summed E-state index contributed by atoms with van der Waals surface area (Å²) in [4.78, 5) is 0. The van der Waals surface area contributed by atoms with Crippen molar-refractivity contribution in [3.63, 3.8) is 0 Å². The van der Waals surface area contributed by atoms with E-state index < -0.39 is 0 Å². The molecule has 0 fully saturated rings. The van der Waals surface area contributed by atoms with Crippen molar-refractivity contribution in [3.8, 4) is 11.5 Å². The van der Waals surface area contributed by atoms with Gasteiger partial charge in [0.05, 0.1) is 18.9 Å². The number of hydrogen-bond acceptors (Lipinski definition) is 3. The largest absolute Gasteiger partial charge is 0.494 e. The van der Waals surface area contributed by atoms with E-state index in [9.17, 15) is 0 Å². The summed E-state index contributed by atoms with van der Waals surface area (Å²) < 4.78 is 12.3. The quantitative estimate of drug-likeness (QED) is 0.774. The molecule has 0 aliphatic carbocycles. The Labute approximate surface area is 134 Å². The molecule has 0 unspecified atom stereocenters. The minimum absolute atomic E-state index is 0.640. The van der Waals surface area contributed by atoms with Gasteiger partial charge >= 0.3 is 0 Å². The Kier molecular flexibility index (Phi) is 5.93. The lowest BCUT2D eigenvalue weighted by Crippen LogP contribution is -2.03. The van der Waals surface area contributed by atoms with Crippen LogP contribution in [0.15, 0.2) is 46.9 Å². The van der Waals surface area contributed by atoms with E-state index in [1.807, 2.05) is 44.2 Å². The van der Waals surface area contributed by atoms with Gasteiger partial charge in [-0.15, -0.1) is 0 Å². The molecule has 1 N–H and O–H groups in total. The average molecular weight is 350 g/mol. The zero-order valence-electron chi connectivity index (χ0n) is 12.4. The third-order valence-corrected chi connectivity index (χ3v) is 3.49. The molecule has 0 atom stereocenters. The van der Waals surface area contributed by atoms with Gasteiger partial charge in [0.25, 0.3) is 0 Å². The van der Waals surface area contributed by atoms with Gasteiger partial charge in [0.15, 0.2) is 0 Å². The van der Waals surface area contributed by atoms with Crippen LogP contribution in [0.2, 0.25) is 0 Å². The summed E-state index contributed by atoms with van der Waals surface area (Å²) in [7, 11) is 0. The molecule has 4 heteroatoms. The van der Waals surface area contributed by atoms with E-state index in [1.165, 1.54) is 5.56 Å². The molecule has 0 saturated carbocycles. The molecule has 2 aromatic rings. The molecule has 0 heterocycles. The van der Waals surface area contributed by atoms with Crippen LogP contribution in [0.1, 0.15) is 19.4 Å². The lowest BCUT2D eigenvalue weighted by molar-refractivity contribution is 0.332. The van der Waals surface area contributed by atoms with Crippen molar-refractivity contribution in [2.75, 3.05) is 18.5 Å². The smallest absolute Gasteiger partial charge is 0.142 e. The molecule has 21 heavy (non-hydrogen) atoms. The molecule has 2 aromatic carbocycles. The summed E-state index contributed by atoms with van der Waals surface area (Å²) in [6, 6.07) is 14.1. The fourth-order valence-corrected chi connectivity index (χ4v) is 2.25. The number of rotatable bonds is 7. The van der Waals surface area contributed by atoms with Crippen LogP contribution >= 0.6 is 15.9 Å². The van der Waals surface area contributed by atoms with Crippen molar-refractivity contribution in [1.82, 2.24) is 0 Å².